The highest BCUT2D eigenvalue weighted by Gasteiger charge is 2.35. The molecular weight excluding hydrogens is 334 g/mol. The van der Waals surface area contributed by atoms with E-state index in [-0.39, 0.29) is 11.8 Å². The molecule has 1 atom stereocenters. The maximum atomic E-state index is 13.1. The standard InChI is InChI=1S/C19H29N3O4/c1-4-5-6-15-19(24)21(2)10-11-22(15)18(23)14-7-8-16(25-3)17(13-14)26-12-9-20/h7-8,13,15H,4-6,9-12,20H2,1-3H3. The third-order valence-electron chi connectivity index (χ3n) is 4.59. The van der Waals surface area contributed by atoms with Crippen LogP contribution in [0.3, 0.4) is 0 Å². The van der Waals surface area contributed by atoms with Crippen LogP contribution in [-0.4, -0.2) is 68.1 Å². The summed E-state index contributed by atoms with van der Waals surface area (Å²) in [5, 5.41) is 0. The second-order valence-corrected chi connectivity index (χ2v) is 6.42. The molecule has 2 amide bonds. The number of amides is 2. The number of nitrogens with zero attached hydrogens (tertiary/aromatic N) is 2. The Morgan fingerprint density at radius 3 is 2.73 bits per heavy atom. The molecule has 1 aliphatic rings. The van der Waals surface area contributed by atoms with Crippen LogP contribution in [-0.2, 0) is 4.79 Å². The van der Waals surface area contributed by atoms with E-state index in [0.29, 0.717) is 49.7 Å². The molecule has 0 spiro atoms. The van der Waals surface area contributed by atoms with Crippen LogP contribution in [0.4, 0.5) is 0 Å². The molecule has 2 rings (SSSR count). The van der Waals surface area contributed by atoms with Gasteiger partial charge in [0.1, 0.15) is 12.6 Å². The van der Waals surface area contributed by atoms with Crippen LogP contribution in [0.1, 0.15) is 36.5 Å². The van der Waals surface area contributed by atoms with Crippen LogP contribution in [0, 0.1) is 0 Å². The predicted octanol–water partition coefficient (Wildman–Crippen LogP) is 1.51. The predicted molar refractivity (Wildman–Crippen MR) is 99.5 cm³/mol. The largest absolute Gasteiger partial charge is 0.493 e. The van der Waals surface area contributed by atoms with Gasteiger partial charge in [0.05, 0.1) is 7.11 Å². The molecule has 7 nitrogen and oxygen atoms in total. The molecule has 0 aliphatic carbocycles. The first kappa shape index (κ1) is 20.0. The van der Waals surface area contributed by atoms with Gasteiger partial charge in [0, 0.05) is 32.2 Å². The van der Waals surface area contributed by atoms with E-state index in [1.165, 1.54) is 0 Å². The number of ether oxygens (including phenoxy) is 2. The van der Waals surface area contributed by atoms with Crippen LogP contribution >= 0.6 is 0 Å². The number of piperazine rings is 1. The van der Waals surface area contributed by atoms with E-state index in [1.807, 2.05) is 0 Å². The Bertz CT molecular complexity index is 635. The molecule has 0 radical (unpaired) electrons. The lowest BCUT2D eigenvalue weighted by molar-refractivity contribution is -0.138. The summed E-state index contributed by atoms with van der Waals surface area (Å²) in [6.45, 7) is 3.85. The van der Waals surface area contributed by atoms with Gasteiger partial charge in [-0.25, -0.2) is 0 Å². The van der Waals surface area contributed by atoms with E-state index in [0.717, 1.165) is 12.8 Å². The Hall–Kier alpha value is -2.28. The second-order valence-electron chi connectivity index (χ2n) is 6.42. The fourth-order valence-corrected chi connectivity index (χ4v) is 3.09. The summed E-state index contributed by atoms with van der Waals surface area (Å²) in [5.41, 5.74) is 5.98. The van der Waals surface area contributed by atoms with Gasteiger partial charge in [-0.15, -0.1) is 0 Å². The number of methoxy groups -OCH3 is 1. The molecule has 0 bridgehead atoms. The molecule has 2 N–H and O–H groups in total. The maximum absolute atomic E-state index is 13.1. The molecule has 0 aromatic heterocycles. The molecular formula is C19H29N3O4. The number of carbonyl (C=O) groups excluding carboxylic acids is 2. The van der Waals surface area contributed by atoms with E-state index in [9.17, 15) is 9.59 Å². The molecule has 144 valence electrons. The van der Waals surface area contributed by atoms with Gasteiger partial charge in [0.15, 0.2) is 11.5 Å². The molecule has 1 aromatic rings. The zero-order valence-corrected chi connectivity index (χ0v) is 15.9. The monoisotopic (exact) mass is 363 g/mol. The first-order valence-corrected chi connectivity index (χ1v) is 9.10. The van der Waals surface area contributed by atoms with Crippen LogP contribution in [0.25, 0.3) is 0 Å². The summed E-state index contributed by atoms with van der Waals surface area (Å²) >= 11 is 0. The minimum Gasteiger partial charge on any atom is -0.493 e. The fraction of sp³-hybridized carbons (Fsp3) is 0.579. The van der Waals surface area contributed by atoms with Crippen molar-refractivity contribution in [2.24, 2.45) is 5.73 Å². The molecule has 1 aromatic carbocycles. The lowest BCUT2D eigenvalue weighted by atomic mass is 10.0. The Balaban J connectivity index is 2.26. The molecule has 1 aliphatic heterocycles. The Morgan fingerprint density at radius 2 is 2.08 bits per heavy atom. The van der Waals surface area contributed by atoms with Crippen LogP contribution in [0.5, 0.6) is 11.5 Å². The molecule has 1 unspecified atom stereocenters. The number of carbonyl (C=O) groups is 2. The summed E-state index contributed by atoms with van der Waals surface area (Å²) in [4.78, 5) is 29.0. The van der Waals surface area contributed by atoms with Crippen molar-refractivity contribution in [1.82, 2.24) is 9.80 Å². The lowest BCUT2D eigenvalue weighted by Gasteiger charge is -2.39. The number of likely N-dealkylation sites (N-methyl/N-ethyl adjacent to an activating group) is 1. The second kappa shape index (κ2) is 9.43. The van der Waals surface area contributed by atoms with Crippen LogP contribution < -0.4 is 15.2 Å². The molecule has 1 saturated heterocycles. The number of hydrogen-bond acceptors (Lipinski definition) is 5. The van der Waals surface area contributed by atoms with Gasteiger partial charge in [-0.2, -0.15) is 0 Å². The van der Waals surface area contributed by atoms with E-state index < -0.39 is 6.04 Å². The normalized spacial score (nSPS) is 17.4. The first-order valence-electron chi connectivity index (χ1n) is 9.10. The maximum Gasteiger partial charge on any atom is 0.254 e. The summed E-state index contributed by atoms with van der Waals surface area (Å²) in [7, 11) is 3.33. The Labute approximate surface area is 155 Å². The number of nitrogens with two attached hydrogens (primary N) is 1. The van der Waals surface area contributed by atoms with Gasteiger partial charge in [0.25, 0.3) is 5.91 Å². The highest BCUT2D eigenvalue weighted by atomic mass is 16.5. The summed E-state index contributed by atoms with van der Waals surface area (Å²) in [5.74, 6) is 0.875. The summed E-state index contributed by atoms with van der Waals surface area (Å²) in [6, 6.07) is 4.67. The first-order chi connectivity index (χ1) is 12.5. The number of unbranched alkanes of at least 4 members (excludes halogenated alkanes) is 1. The Kier molecular flexibility index (Phi) is 7.26. The fourth-order valence-electron chi connectivity index (χ4n) is 3.09. The van der Waals surface area contributed by atoms with Gasteiger partial charge >= 0.3 is 0 Å². The number of hydrogen-bond donors (Lipinski definition) is 1. The molecule has 1 fully saturated rings. The summed E-state index contributed by atoms with van der Waals surface area (Å²) < 4.78 is 10.9. The smallest absolute Gasteiger partial charge is 0.254 e. The highest BCUT2D eigenvalue weighted by molar-refractivity contribution is 5.98. The topological polar surface area (TPSA) is 85.1 Å². The molecule has 0 saturated carbocycles. The minimum absolute atomic E-state index is 0.00571. The van der Waals surface area contributed by atoms with Crippen molar-refractivity contribution >= 4 is 11.8 Å². The van der Waals surface area contributed by atoms with Crippen molar-refractivity contribution in [3.63, 3.8) is 0 Å². The van der Waals surface area contributed by atoms with E-state index >= 15 is 0 Å². The van der Waals surface area contributed by atoms with Crippen LogP contribution in [0.2, 0.25) is 0 Å². The van der Waals surface area contributed by atoms with Gasteiger partial charge in [-0.05, 0) is 24.6 Å². The summed E-state index contributed by atoms with van der Waals surface area (Å²) in [6.07, 6.45) is 2.56. The quantitative estimate of drug-likeness (QED) is 0.757. The van der Waals surface area contributed by atoms with Gasteiger partial charge in [-0.1, -0.05) is 19.8 Å². The van der Waals surface area contributed by atoms with Crippen molar-refractivity contribution in [3.05, 3.63) is 23.8 Å². The lowest BCUT2D eigenvalue weighted by Crippen LogP contribution is -2.57. The number of rotatable bonds is 8. The van der Waals surface area contributed by atoms with Crippen molar-refractivity contribution in [1.29, 1.82) is 0 Å². The van der Waals surface area contributed by atoms with Crippen molar-refractivity contribution in [2.45, 2.75) is 32.2 Å². The van der Waals surface area contributed by atoms with E-state index in [4.69, 9.17) is 15.2 Å². The van der Waals surface area contributed by atoms with E-state index in [2.05, 4.69) is 6.92 Å². The molecule has 7 heteroatoms. The minimum atomic E-state index is -0.406. The van der Waals surface area contributed by atoms with Crippen molar-refractivity contribution < 1.29 is 19.1 Å². The van der Waals surface area contributed by atoms with Gasteiger partial charge in [0.2, 0.25) is 5.91 Å². The Morgan fingerprint density at radius 1 is 1.31 bits per heavy atom. The third kappa shape index (κ3) is 4.46. The molecule has 26 heavy (non-hydrogen) atoms. The SMILES string of the molecule is CCCCC1C(=O)N(C)CCN1C(=O)c1ccc(OC)c(OCCN)c1. The highest BCUT2D eigenvalue weighted by Crippen LogP contribution is 2.29. The molecule has 1 heterocycles. The van der Waals surface area contributed by atoms with Crippen molar-refractivity contribution in [3.8, 4) is 11.5 Å². The van der Waals surface area contributed by atoms with Gasteiger partial charge in [-0.3, -0.25) is 9.59 Å². The van der Waals surface area contributed by atoms with Crippen molar-refractivity contribution in [2.75, 3.05) is 40.4 Å². The van der Waals surface area contributed by atoms with E-state index in [1.54, 1.807) is 42.2 Å². The number of benzene rings is 1. The van der Waals surface area contributed by atoms with Gasteiger partial charge < -0.3 is 25.0 Å². The average molecular weight is 363 g/mol. The third-order valence-corrected chi connectivity index (χ3v) is 4.59. The average Bonchev–Trinajstić information content (AvgIpc) is 2.66. The zero-order chi connectivity index (χ0) is 19.1. The zero-order valence-electron chi connectivity index (χ0n) is 15.9. The van der Waals surface area contributed by atoms with Crippen LogP contribution in [0.15, 0.2) is 18.2 Å².